The number of aliphatic carboxylic acids is 1. The average molecular weight is 251 g/mol. The second-order valence-corrected chi connectivity index (χ2v) is 3.96. The monoisotopic (exact) mass is 251 g/mol. The number of carboxylic acid groups (broad SMARTS) is 1. The molecule has 0 aromatic rings. The molecule has 8 nitrogen and oxygen atoms in total. The smallest absolute Gasteiger partial charge is 0.322 e. The van der Waals surface area contributed by atoms with E-state index in [1.807, 2.05) is 0 Å². The molecule has 6 N–H and O–H groups in total. The fourth-order valence-electron chi connectivity index (χ4n) is 1.42. The van der Waals surface area contributed by atoms with Crippen molar-refractivity contribution in [1.29, 1.82) is 0 Å². The molecule has 1 aliphatic heterocycles. The highest BCUT2D eigenvalue weighted by Crippen LogP contribution is 2.21. The molecule has 0 unspecified atom stereocenters. The fourth-order valence-corrected chi connectivity index (χ4v) is 1.42. The van der Waals surface area contributed by atoms with Gasteiger partial charge in [-0.3, -0.25) is 4.79 Å². The number of rotatable bonds is 4. The molecule has 0 radical (unpaired) electrons. The Labute approximate surface area is 97.6 Å². The molecule has 1 heterocycles. The van der Waals surface area contributed by atoms with Crippen LogP contribution in [0, 0.1) is 0 Å². The number of carbonyl (C=O) groups is 1. The molecule has 1 fully saturated rings. The number of ether oxygens (including phenoxy) is 2. The molecule has 1 saturated heterocycles. The zero-order chi connectivity index (χ0) is 13.2. The highest BCUT2D eigenvalue weighted by molar-refractivity contribution is 5.73. The van der Waals surface area contributed by atoms with Crippen LogP contribution in [0.3, 0.4) is 0 Å². The van der Waals surface area contributed by atoms with Gasteiger partial charge in [0.1, 0.15) is 24.4 Å². The van der Waals surface area contributed by atoms with Crippen molar-refractivity contribution >= 4 is 5.97 Å². The van der Waals surface area contributed by atoms with Gasteiger partial charge in [-0.1, -0.05) is 0 Å². The first-order valence-electron chi connectivity index (χ1n) is 5.14. The molecule has 17 heavy (non-hydrogen) atoms. The predicted molar refractivity (Wildman–Crippen MR) is 53.9 cm³/mol. The predicted octanol–water partition coefficient (Wildman–Crippen LogP) is -2.76. The van der Waals surface area contributed by atoms with Crippen LogP contribution in [0.25, 0.3) is 0 Å². The Bertz CT molecular complexity index is 274. The van der Waals surface area contributed by atoms with E-state index in [1.165, 1.54) is 6.92 Å². The van der Waals surface area contributed by atoms with E-state index in [0.717, 1.165) is 0 Å². The Balaban J connectivity index is 2.51. The van der Waals surface area contributed by atoms with Gasteiger partial charge in [-0.25, -0.2) is 0 Å². The third-order valence-electron chi connectivity index (χ3n) is 2.57. The Morgan fingerprint density at radius 2 is 1.94 bits per heavy atom. The number of nitrogens with two attached hydrogens (primary N) is 1. The van der Waals surface area contributed by atoms with Gasteiger partial charge in [-0.15, -0.1) is 0 Å². The summed E-state index contributed by atoms with van der Waals surface area (Å²) in [6.07, 6.45) is -6.04. The summed E-state index contributed by atoms with van der Waals surface area (Å²) in [6.45, 7) is 1.12. The number of aliphatic hydroxyl groups is 3. The molecule has 0 aromatic heterocycles. The van der Waals surface area contributed by atoms with E-state index in [1.54, 1.807) is 0 Å². The van der Waals surface area contributed by atoms with E-state index >= 15 is 0 Å². The molecule has 0 bridgehead atoms. The topological polar surface area (TPSA) is 142 Å². The van der Waals surface area contributed by atoms with Crippen LogP contribution in [0.5, 0.6) is 0 Å². The summed E-state index contributed by atoms with van der Waals surface area (Å²) < 4.78 is 10.0. The molecular formula is C9H17NO7. The highest BCUT2D eigenvalue weighted by Gasteiger charge is 2.42. The lowest BCUT2D eigenvalue weighted by Gasteiger charge is -2.39. The summed E-state index contributed by atoms with van der Waals surface area (Å²) in [5.41, 5.74) is 5.20. The van der Waals surface area contributed by atoms with Crippen LogP contribution in [0.2, 0.25) is 0 Å². The first-order chi connectivity index (χ1) is 7.84. The van der Waals surface area contributed by atoms with Gasteiger partial charge in [0.25, 0.3) is 0 Å². The second kappa shape index (κ2) is 5.71. The zero-order valence-corrected chi connectivity index (χ0v) is 9.26. The van der Waals surface area contributed by atoms with Crippen molar-refractivity contribution in [2.45, 2.75) is 43.7 Å². The summed E-state index contributed by atoms with van der Waals surface area (Å²) in [7, 11) is 0. The molecule has 1 aliphatic rings. The Kier molecular flexibility index (Phi) is 4.80. The standard InChI is InChI=1S/C9H17NO7/c1-3-5(11)6(12)7(13)9(17-3)16-2-4(10)8(14)15/h3-7,9,11-13H,2,10H2,1H3,(H,14,15)/t3-,4+,5-,6+,7+,9+/m0/s1. The summed E-state index contributed by atoms with van der Waals surface area (Å²) >= 11 is 0. The molecule has 0 aromatic carbocycles. The van der Waals surface area contributed by atoms with Gasteiger partial charge in [0.05, 0.1) is 12.7 Å². The number of hydrogen-bond acceptors (Lipinski definition) is 7. The van der Waals surface area contributed by atoms with E-state index in [2.05, 4.69) is 0 Å². The maximum Gasteiger partial charge on any atom is 0.322 e. The summed E-state index contributed by atoms with van der Waals surface area (Å²) in [6, 6.07) is -1.25. The molecule has 0 aliphatic carbocycles. The number of carboxylic acids is 1. The van der Waals surface area contributed by atoms with Crippen molar-refractivity contribution < 1.29 is 34.7 Å². The van der Waals surface area contributed by atoms with Crippen molar-refractivity contribution in [3.8, 4) is 0 Å². The molecular weight excluding hydrogens is 234 g/mol. The van der Waals surface area contributed by atoms with Crippen molar-refractivity contribution in [2.24, 2.45) is 5.73 Å². The molecule has 8 heteroatoms. The average Bonchev–Trinajstić information content (AvgIpc) is 2.28. The van der Waals surface area contributed by atoms with Crippen LogP contribution in [0.1, 0.15) is 6.92 Å². The van der Waals surface area contributed by atoms with Gasteiger partial charge in [0.2, 0.25) is 0 Å². The molecule has 0 spiro atoms. The van der Waals surface area contributed by atoms with Gasteiger partial charge >= 0.3 is 5.97 Å². The molecule has 6 atom stereocenters. The van der Waals surface area contributed by atoms with Crippen LogP contribution in [-0.2, 0) is 14.3 Å². The largest absolute Gasteiger partial charge is 0.480 e. The summed E-state index contributed by atoms with van der Waals surface area (Å²) in [5.74, 6) is -1.25. The Morgan fingerprint density at radius 1 is 1.35 bits per heavy atom. The SMILES string of the molecule is C[C@@H]1O[C@@H](OC[C@@H](N)C(=O)O)[C@H](O)[C@H](O)[C@H]1O. The van der Waals surface area contributed by atoms with Crippen molar-refractivity contribution in [3.63, 3.8) is 0 Å². The number of hydrogen-bond donors (Lipinski definition) is 5. The fraction of sp³-hybridized carbons (Fsp3) is 0.889. The lowest BCUT2D eigenvalue weighted by Crippen LogP contribution is -2.57. The van der Waals surface area contributed by atoms with E-state index in [9.17, 15) is 20.1 Å². The van der Waals surface area contributed by atoms with Crippen LogP contribution in [0.4, 0.5) is 0 Å². The van der Waals surface area contributed by atoms with Crippen LogP contribution in [-0.4, -0.2) is 69.8 Å². The van der Waals surface area contributed by atoms with Crippen molar-refractivity contribution in [2.75, 3.05) is 6.61 Å². The first-order valence-corrected chi connectivity index (χ1v) is 5.14. The minimum Gasteiger partial charge on any atom is -0.480 e. The van der Waals surface area contributed by atoms with Crippen LogP contribution < -0.4 is 5.73 Å². The molecule has 0 saturated carbocycles. The molecule has 1 rings (SSSR count). The number of aliphatic hydroxyl groups excluding tert-OH is 3. The van der Waals surface area contributed by atoms with Gasteiger partial charge in [-0.2, -0.15) is 0 Å². The quantitative estimate of drug-likeness (QED) is 0.361. The van der Waals surface area contributed by atoms with Gasteiger partial charge in [-0.05, 0) is 6.92 Å². The van der Waals surface area contributed by atoms with E-state index in [0.29, 0.717) is 0 Å². The third-order valence-corrected chi connectivity index (χ3v) is 2.57. The van der Waals surface area contributed by atoms with Crippen LogP contribution in [0.15, 0.2) is 0 Å². The first kappa shape index (κ1) is 14.3. The lowest BCUT2D eigenvalue weighted by molar-refractivity contribution is -0.293. The van der Waals surface area contributed by atoms with Crippen molar-refractivity contribution in [3.05, 3.63) is 0 Å². The second-order valence-electron chi connectivity index (χ2n) is 3.96. The Hall–Kier alpha value is -0.770. The van der Waals surface area contributed by atoms with E-state index in [-0.39, 0.29) is 6.61 Å². The van der Waals surface area contributed by atoms with Gasteiger partial charge in [0.15, 0.2) is 6.29 Å². The van der Waals surface area contributed by atoms with Crippen LogP contribution >= 0.6 is 0 Å². The van der Waals surface area contributed by atoms with Gasteiger partial charge in [0, 0.05) is 0 Å². The van der Waals surface area contributed by atoms with E-state index < -0.39 is 42.7 Å². The maximum atomic E-state index is 10.4. The summed E-state index contributed by atoms with van der Waals surface area (Å²) in [4.78, 5) is 10.4. The lowest BCUT2D eigenvalue weighted by atomic mass is 10.0. The normalized spacial score (nSPS) is 39.9. The van der Waals surface area contributed by atoms with Gasteiger partial charge < -0.3 is 35.6 Å². The minimum absolute atomic E-state index is 0.368. The third kappa shape index (κ3) is 3.35. The zero-order valence-electron chi connectivity index (χ0n) is 9.26. The maximum absolute atomic E-state index is 10.4. The summed E-state index contributed by atoms with van der Waals surface area (Å²) in [5, 5.41) is 36.9. The van der Waals surface area contributed by atoms with Crippen molar-refractivity contribution in [1.82, 2.24) is 0 Å². The molecule has 0 amide bonds. The highest BCUT2D eigenvalue weighted by atomic mass is 16.7. The van der Waals surface area contributed by atoms with E-state index in [4.69, 9.17) is 20.3 Å². The Morgan fingerprint density at radius 3 is 2.47 bits per heavy atom. The molecule has 100 valence electrons. The minimum atomic E-state index is -1.46.